The lowest BCUT2D eigenvalue weighted by Crippen LogP contribution is -2.40. The van der Waals surface area contributed by atoms with Crippen LogP contribution in [-0.2, 0) is 0 Å². The maximum Gasteiger partial charge on any atom is 0.0670 e. The third kappa shape index (κ3) is 4.10. The van der Waals surface area contributed by atoms with E-state index in [1.54, 1.807) is 0 Å². The average Bonchev–Trinajstić information content (AvgIpc) is 2.35. The molecule has 1 rings (SSSR count). The van der Waals surface area contributed by atoms with Crippen LogP contribution in [0, 0.1) is 0 Å². The second-order valence-electron chi connectivity index (χ2n) is 4.54. The van der Waals surface area contributed by atoms with Crippen LogP contribution >= 0.6 is 0 Å². The van der Waals surface area contributed by atoms with Gasteiger partial charge in [-0.3, -0.25) is 9.88 Å². The maximum absolute atomic E-state index is 6.14. The first-order chi connectivity index (χ1) is 8.20. The monoisotopic (exact) mass is 235 g/mol. The summed E-state index contributed by atoms with van der Waals surface area (Å²) in [5, 5.41) is 0. The Morgan fingerprint density at radius 2 is 2.12 bits per heavy atom. The van der Waals surface area contributed by atoms with Crippen LogP contribution in [0.4, 0.5) is 0 Å². The van der Waals surface area contributed by atoms with Gasteiger partial charge in [0.1, 0.15) is 0 Å². The Hall–Kier alpha value is -0.930. The van der Waals surface area contributed by atoms with Crippen molar-refractivity contribution in [3.63, 3.8) is 0 Å². The molecule has 0 saturated carbocycles. The van der Waals surface area contributed by atoms with Gasteiger partial charge in [0.05, 0.1) is 11.7 Å². The standard InChI is InChI=1S/C14H25N3/c1-4-6-11-17(5-2)14(12(3)15)13-9-7-8-10-16-13/h7-10,12,14H,4-6,11,15H2,1-3H3. The number of hydrogen-bond acceptors (Lipinski definition) is 3. The highest BCUT2D eigenvalue weighted by atomic mass is 15.2. The number of pyridine rings is 1. The SMILES string of the molecule is CCCCN(CC)C(c1ccccn1)C(C)N. The van der Waals surface area contributed by atoms with Gasteiger partial charge in [0.2, 0.25) is 0 Å². The lowest BCUT2D eigenvalue weighted by atomic mass is 10.0. The van der Waals surface area contributed by atoms with Crippen molar-refractivity contribution in [1.82, 2.24) is 9.88 Å². The first-order valence-corrected chi connectivity index (χ1v) is 6.61. The van der Waals surface area contributed by atoms with Gasteiger partial charge in [-0.1, -0.05) is 26.3 Å². The maximum atomic E-state index is 6.14. The minimum Gasteiger partial charge on any atom is -0.326 e. The molecule has 0 aliphatic heterocycles. The van der Waals surface area contributed by atoms with Gasteiger partial charge >= 0.3 is 0 Å². The predicted octanol–water partition coefficient (Wildman–Crippen LogP) is 2.59. The highest BCUT2D eigenvalue weighted by molar-refractivity contribution is 5.11. The zero-order chi connectivity index (χ0) is 12.7. The second-order valence-corrected chi connectivity index (χ2v) is 4.54. The zero-order valence-corrected chi connectivity index (χ0v) is 11.3. The molecular weight excluding hydrogens is 210 g/mol. The topological polar surface area (TPSA) is 42.2 Å². The highest BCUT2D eigenvalue weighted by Gasteiger charge is 2.23. The molecule has 0 aliphatic carbocycles. The summed E-state index contributed by atoms with van der Waals surface area (Å²) in [4.78, 5) is 6.88. The van der Waals surface area contributed by atoms with Gasteiger partial charge in [-0.25, -0.2) is 0 Å². The molecule has 1 aromatic rings. The van der Waals surface area contributed by atoms with E-state index in [4.69, 9.17) is 5.73 Å². The van der Waals surface area contributed by atoms with Crippen LogP contribution < -0.4 is 5.73 Å². The summed E-state index contributed by atoms with van der Waals surface area (Å²) in [5.41, 5.74) is 7.22. The minimum absolute atomic E-state index is 0.0988. The van der Waals surface area contributed by atoms with Crippen LogP contribution in [0.25, 0.3) is 0 Å². The Bertz CT molecular complexity index is 298. The predicted molar refractivity (Wildman–Crippen MR) is 72.8 cm³/mol. The number of nitrogens with two attached hydrogens (primary N) is 1. The fraction of sp³-hybridized carbons (Fsp3) is 0.643. The van der Waals surface area contributed by atoms with Gasteiger partial charge in [0, 0.05) is 12.2 Å². The van der Waals surface area contributed by atoms with E-state index in [2.05, 4.69) is 36.7 Å². The summed E-state index contributed by atoms with van der Waals surface area (Å²) in [6.07, 6.45) is 4.27. The summed E-state index contributed by atoms with van der Waals surface area (Å²) in [7, 11) is 0. The van der Waals surface area contributed by atoms with Crippen LogP contribution in [0.1, 0.15) is 45.3 Å². The molecule has 0 spiro atoms. The molecule has 0 fully saturated rings. The van der Waals surface area contributed by atoms with Crippen LogP contribution in [0.15, 0.2) is 24.4 Å². The van der Waals surface area contributed by atoms with Crippen molar-refractivity contribution >= 4 is 0 Å². The van der Waals surface area contributed by atoms with E-state index in [1.165, 1.54) is 12.8 Å². The third-order valence-electron chi connectivity index (χ3n) is 3.09. The molecule has 0 radical (unpaired) electrons. The summed E-state index contributed by atoms with van der Waals surface area (Å²) in [6.45, 7) is 8.58. The number of nitrogens with zero attached hydrogens (tertiary/aromatic N) is 2. The third-order valence-corrected chi connectivity index (χ3v) is 3.09. The van der Waals surface area contributed by atoms with Crippen molar-refractivity contribution in [2.24, 2.45) is 5.73 Å². The minimum atomic E-state index is 0.0988. The van der Waals surface area contributed by atoms with Crippen molar-refractivity contribution in [3.8, 4) is 0 Å². The normalized spacial score (nSPS) is 14.9. The first kappa shape index (κ1) is 14.1. The van der Waals surface area contributed by atoms with Gasteiger partial charge in [0.15, 0.2) is 0 Å². The lowest BCUT2D eigenvalue weighted by molar-refractivity contribution is 0.179. The fourth-order valence-corrected chi connectivity index (χ4v) is 2.19. The molecule has 2 unspecified atom stereocenters. The van der Waals surface area contributed by atoms with Crippen LogP contribution in [0.2, 0.25) is 0 Å². The smallest absolute Gasteiger partial charge is 0.0670 e. The second kappa shape index (κ2) is 7.41. The van der Waals surface area contributed by atoms with Crippen LogP contribution in [-0.4, -0.2) is 29.0 Å². The number of unbranched alkanes of at least 4 members (excludes halogenated alkanes) is 1. The quantitative estimate of drug-likeness (QED) is 0.790. The van der Waals surface area contributed by atoms with Crippen LogP contribution in [0.3, 0.4) is 0 Å². The Labute approximate surface area is 105 Å². The molecule has 0 amide bonds. The molecule has 0 saturated heterocycles. The van der Waals surface area contributed by atoms with E-state index in [0.29, 0.717) is 0 Å². The molecule has 1 aromatic heterocycles. The van der Waals surface area contributed by atoms with Crippen molar-refractivity contribution in [2.45, 2.75) is 45.7 Å². The summed E-state index contributed by atoms with van der Waals surface area (Å²) >= 11 is 0. The number of hydrogen-bond donors (Lipinski definition) is 1. The number of aromatic nitrogens is 1. The lowest BCUT2D eigenvalue weighted by Gasteiger charge is -2.33. The molecule has 3 heteroatoms. The Balaban J connectivity index is 2.83. The molecule has 0 bridgehead atoms. The van der Waals surface area contributed by atoms with Gasteiger partial charge in [-0.05, 0) is 38.6 Å². The van der Waals surface area contributed by atoms with E-state index >= 15 is 0 Å². The van der Waals surface area contributed by atoms with Gasteiger partial charge in [-0.15, -0.1) is 0 Å². The average molecular weight is 235 g/mol. The molecule has 0 aliphatic rings. The van der Waals surface area contributed by atoms with Crippen LogP contribution in [0.5, 0.6) is 0 Å². The Morgan fingerprint density at radius 3 is 2.59 bits per heavy atom. The Kier molecular flexibility index (Phi) is 6.16. The molecule has 17 heavy (non-hydrogen) atoms. The molecule has 3 nitrogen and oxygen atoms in total. The van der Waals surface area contributed by atoms with E-state index in [9.17, 15) is 0 Å². The Morgan fingerprint density at radius 1 is 1.35 bits per heavy atom. The summed E-state index contributed by atoms with van der Waals surface area (Å²) < 4.78 is 0. The molecule has 2 atom stereocenters. The molecule has 2 N–H and O–H groups in total. The number of rotatable bonds is 7. The van der Waals surface area contributed by atoms with Gasteiger partial charge < -0.3 is 5.73 Å². The fourth-order valence-electron chi connectivity index (χ4n) is 2.19. The van der Waals surface area contributed by atoms with Gasteiger partial charge in [-0.2, -0.15) is 0 Å². The summed E-state index contributed by atoms with van der Waals surface area (Å²) in [6, 6.07) is 6.38. The van der Waals surface area contributed by atoms with E-state index in [-0.39, 0.29) is 12.1 Å². The van der Waals surface area contributed by atoms with Crippen molar-refractivity contribution in [3.05, 3.63) is 30.1 Å². The van der Waals surface area contributed by atoms with Crippen molar-refractivity contribution < 1.29 is 0 Å². The van der Waals surface area contributed by atoms with E-state index < -0.39 is 0 Å². The first-order valence-electron chi connectivity index (χ1n) is 6.61. The summed E-state index contributed by atoms with van der Waals surface area (Å²) in [5.74, 6) is 0. The van der Waals surface area contributed by atoms with E-state index in [1.807, 2.05) is 18.3 Å². The van der Waals surface area contributed by atoms with Gasteiger partial charge in [0.25, 0.3) is 0 Å². The molecular formula is C14H25N3. The van der Waals surface area contributed by atoms with E-state index in [0.717, 1.165) is 18.8 Å². The largest absolute Gasteiger partial charge is 0.326 e. The number of likely N-dealkylation sites (N-methyl/N-ethyl adjacent to an activating group) is 1. The van der Waals surface area contributed by atoms with Crippen molar-refractivity contribution in [2.75, 3.05) is 13.1 Å². The molecule has 0 aromatic carbocycles. The molecule has 1 heterocycles. The molecule has 96 valence electrons. The van der Waals surface area contributed by atoms with Crippen molar-refractivity contribution in [1.29, 1.82) is 0 Å². The zero-order valence-electron chi connectivity index (χ0n) is 11.3. The highest BCUT2D eigenvalue weighted by Crippen LogP contribution is 2.21.